The monoisotopic (exact) mass is 296 g/mol. The van der Waals surface area contributed by atoms with E-state index in [2.05, 4.69) is 9.94 Å². The number of amides is 1. The van der Waals surface area contributed by atoms with Gasteiger partial charge in [0.1, 0.15) is 5.03 Å². The van der Waals surface area contributed by atoms with E-state index in [0.29, 0.717) is 5.03 Å². The lowest BCUT2D eigenvalue weighted by molar-refractivity contribution is -0.152. The summed E-state index contributed by atoms with van der Waals surface area (Å²) in [5.41, 5.74) is 1.93. The minimum absolute atomic E-state index is 0.289. The lowest BCUT2D eigenvalue weighted by Gasteiger charge is -2.11. The van der Waals surface area contributed by atoms with E-state index in [1.165, 1.54) is 25.1 Å². The molecule has 0 saturated heterocycles. The number of carbonyl (C=O) groups excluding carboxylic acids is 1. The molecule has 1 aliphatic heterocycles. The van der Waals surface area contributed by atoms with Crippen LogP contribution in [0.25, 0.3) is 0 Å². The van der Waals surface area contributed by atoms with Gasteiger partial charge in [0, 0.05) is 20.0 Å². The number of primary sulfonamides is 1. The van der Waals surface area contributed by atoms with Crippen molar-refractivity contribution < 1.29 is 23.2 Å². The number of nitrogens with zero attached hydrogens (tertiary/aromatic N) is 2. The van der Waals surface area contributed by atoms with Crippen LogP contribution in [0.4, 0.5) is 0 Å². The largest absolute Gasteiger partial charge is 0.363 e. The summed E-state index contributed by atoms with van der Waals surface area (Å²) in [6, 6.07) is 0. The van der Waals surface area contributed by atoms with Crippen LogP contribution in [0, 0.1) is 0 Å². The summed E-state index contributed by atoms with van der Waals surface area (Å²) >= 11 is 0.760. The van der Waals surface area contributed by atoms with Gasteiger partial charge in [-0.25, -0.2) is 23.9 Å². The van der Waals surface area contributed by atoms with Gasteiger partial charge in [-0.05, 0) is 11.8 Å². The number of thioether (sulfide) groups is 1. The molecule has 11 heteroatoms. The second kappa shape index (κ2) is 5.67. The number of carbonyl (C=O) groups is 1. The minimum Gasteiger partial charge on any atom is -0.363 e. The Bertz CT molecular complexity index is 500. The number of aliphatic hydroxyl groups is 1. The number of hydrogen-bond donors (Lipinski definition) is 3. The van der Waals surface area contributed by atoms with Gasteiger partial charge in [-0.3, -0.25) is 9.80 Å². The van der Waals surface area contributed by atoms with Crippen LogP contribution in [0.5, 0.6) is 0 Å². The molecule has 4 N–H and O–H groups in total. The first-order valence-electron chi connectivity index (χ1n) is 4.55. The second-order valence-electron chi connectivity index (χ2n) is 3.21. The van der Waals surface area contributed by atoms with Gasteiger partial charge in [-0.15, -0.1) is 0 Å². The summed E-state index contributed by atoms with van der Waals surface area (Å²) in [7, 11) is -2.42. The average Bonchev–Trinajstić information content (AvgIpc) is 2.57. The lowest BCUT2D eigenvalue weighted by Crippen LogP contribution is -2.26. The third-order valence-electron chi connectivity index (χ3n) is 1.59. The van der Waals surface area contributed by atoms with Gasteiger partial charge in [0.2, 0.25) is 16.6 Å². The van der Waals surface area contributed by atoms with Gasteiger partial charge in [0.25, 0.3) is 10.0 Å². The van der Waals surface area contributed by atoms with E-state index >= 15 is 0 Å². The molecule has 1 rings (SSSR count). The van der Waals surface area contributed by atoms with Gasteiger partial charge in [0.05, 0.1) is 0 Å². The van der Waals surface area contributed by atoms with Crippen molar-refractivity contribution in [2.24, 2.45) is 10.2 Å². The van der Waals surface area contributed by atoms with Crippen LogP contribution in [-0.2, 0) is 19.7 Å². The third-order valence-corrected chi connectivity index (χ3v) is 3.98. The summed E-state index contributed by atoms with van der Waals surface area (Å²) in [4.78, 5) is 15.1. The molecule has 18 heavy (non-hydrogen) atoms. The second-order valence-corrected chi connectivity index (χ2v) is 5.95. The third kappa shape index (κ3) is 4.27. The lowest BCUT2D eigenvalue weighted by atomic mass is 10.6. The summed E-state index contributed by atoms with van der Waals surface area (Å²) in [5.74, 6) is -0.485. The Balaban J connectivity index is 2.68. The van der Waals surface area contributed by atoms with Crippen molar-refractivity contribution in [1.29, 1.82) is 0 Å². The van der Waals surface area contributed by atoms with Crippen molar-refractivity contribution in [2.45, 2.75) is 13.2 Å². The maximum atomic E-state index is 11.0. The predicted molar refractivity (Wildman–Crippen MR) is 64.9 cm³/mol. The highest BCUT2D eigenvalue weighted by molar-refractivity contribution is 8.36. The highest BCUT2D eigenvalue weighted by Gasteiger charge is 2.27. The molecule has 0 aromatic carbocycles. The fraction of sp³-hybridized carbons (Fsp3) is 0.429. The number of nitrogens with one attached hydrogen (secondary N) is 1. The molecule has 0 saturated carbocycles. The molecular formula is C7H12N4O5S2. The van der Waals surface area contributed by atoms with Crippen LogP contribution in [0.3, 0.4) is 0 Å². The Morgan fingerprint density at radius 1 is 1.72 bits per heavy atom. The molecule has 1 unspecified atom stereocenters. The van der Waals surface area contributed by atoms with Crippen LogP contribution in [0.15, 0.2) is 16.2 Å². The van der Waals surface area contributed by atoms with E-state index in [0.717, 1.165) is 11.8 Å². The van der Waals surface area contributed by atoms with E-state index < -0.39 is 22.2 Å². The van der Waals surface area contributed by atoms with Crippen molar-refractivity contribution in [3.8, 4) is 0 Å². The first-order chi connectivity index (χ1) is 8.20. The number of nitrogens with two attached hydrogens (primary N) is 1. The quantitative estimate of drug-likeness (QED) is 0.424. The van der Waals surface area contributed by atoms with Crippen LogP contribution in [0.2, 0.25) is 0 Å². The number of aliphatic hydroxyl groups excluding tert-OH is 1. The number of sulfonamides is 1. The summed E-state index contributed by atoms with van der Waals surface area (Å²) in [6.45, 7) is 1.21. The zero-order valence-corrected chi connectivity index (χ0v) is 11.2. The molecule has 0 bridgehead atoms. The fourth-order valence-electron chi connectivity index (χ4n) is 0.904. The standard InChI is InChI=1S/C7H12N4O5S2/c1-4(12)10-16-6(13)3-5-11(2)9-7(17-5)18(8,14)15/h3,6,13H,1-2H3,(H,10,12)(H2,8,14,15). The number of hydrogen-bond acceptors (Lipinski definition) is 8. The predicted octanol–water partition coefficient (Wildman–Crippen LogP) is -1.55. The van der Waals surface area contributed by atoms with Gasteiger partial charge in [-0.1, -0.05) is 0 Å². The van der Waals surface area contributed by atoms with Gasteiger partial charge in [-0.2, -0.15) is 5.10 Å². The molecule has 0 aliphatic carbocycles. The van der Waals surface area contributed by atoms with E-state index in [-0.39, 0.29) is 4.38 Å². The fourth-order valence-corrected chi connectivity index (χ4v) is 2.56. The Labute approximate surface area is 108 Å². The minimum atomic E-state index is -3.89. The molecular weight excluding hydrogens is 284 g/mol. The average molecular weight is 296 g/mol. The maximum absolute atomic E-state index is 11.0. The van der Waals surface area contributed by atoms with Crippen molar-refractivity contribution in [3.63, 3.8) is 0 Å². The van der Waals surface area contributed by atoms with Crippen LogP contribution >= 0.6 is 11.8 Å². The first kappa shape index (κ1) is 14.9. The highest BCUT2D eigenvalue weighted by Crippen LogP contribution is 2.30. The molecule has 1 aliphatic rings. The van der Waals surface area contributed by atoms with E-state index in [9.17, 15) is 18.3 Å². The van der Waals surface area contributed by atoms with Crippen molar-refractivity contribution in [2.75, 3.05) is 7.05 Å². The normalized spacial score (nSPS) is 19.9. The molecule has 0 aromatic heterocycles. The summed E-state index contributed by atoms with van der Waals surface area (Å²) in [6.07, 6.45) is -0.267. The van der Waals surface area contributed by atoms with E-state index in [4.69, 9.17) is 5.14 Å². The van der Waals surface area contributed by atoms with Crippen molar-refractivity contribution in [1.82, 2.24) is 10.5 Å². The van der Waals surface area contributed by atoms with Crippen molar-refractivity contribution >= 4 is 32.1 Å². The number of rotatable bonds is 3. The summed E-state index contributed by atoms with van der Waals surface area (Å²) in [5, 5.41) is 19.5. The molecule has 1 amide bonds. The molecule has 1 atom stereocenters. The zero-order chi connectivity index (χ0) is 13.9. The smallest absolute Gasteiger partial charge is 0.263 e. The Hall–Kier alpha value is -1.14. The van der Waals surface area contributed by atoms with Crippen LogP contribution < -0.4 is 10.6 Å². The maximum Gasteiger partial charge on any atom is 0.263 e. The summed E-state index contributed by atoms with van der Waals surface area (Å²) < 4.78 is 21.8. The first-order valence-corrected chi connectivity index (χ1v) is 6.91. The Kier molecular flexibility index (Phi) is 4.70. The molecule has 102 valence electrons. The Morgan fingerprint density at radius 2 is 2.33 bits per heavy atom. The van der Waals surface area contributed by atoms with E-state index in [1.807, 2.05) is 5.48 Å². The number of hydrazone groups is 1. The molecule has 0 spiro atoms. The zero-order valence-electron chi connectivity index (χ0n) is 9.52. The van der Waals surface area contributed by atoms with Gasteiger partial charge in [0.15, 0.2) is 0 Å². The topological polar surface area (TPSA) is 134 Å². The highest BCUT2D eigenvalue weighted by atomic mass is 32.3. The van der Waals surface area contributed by atoms with Gasteiger partial charge >= 0.3 is 0 Å². The van der Waals surface area contributed by atoms with E-state index in [1.54, 1.807) is 0 Å². The molecule has 0 radical (unpaired) electrons. The van der Waals surface area contributed by atoms with Crippen LogP contribution in [0.1, 0.15) is 6.92 Å². The van der Waals surface area contributed by atoms with Crippen molar-refractivity contribution in [3.05, 3.63) is 11.1 Å². The van der Waals surface area contributed by atoms with Gasteiger partial charge < -0.3 is 5.11 Å². The SMILES string of the molecule is CC(=O)NOC(O)C=C1SC(S(N)(=O)=O)=NN1C. The molecule has 9 nitrogen and oxygen atoms in total. The molecule has 1 heterocycles. The Morgan fingerprint density at radius 3 is 2.78 bits per heavy atom. The molecule has 0 aromatic rings. The number of hydroxylamine groups is 1. The molecule has 0 fully saturated rings. The van der Waals surface area contributed by atoms with Crippen LogP contribution in [-0.4, -0.2) is 42.2 Å².